The first kappa shape index (κ1) is 21.7. The second-order valence-electron chi connectivity index (χ2n) is 6.79. The van der Waals surface area contributed by atoms with Crippen molar-refractivity contribution in [2.45, 2.75) is 39.8 Å². The van der Waals surface area contributed by atoms with Gasteiger partial charge >= 0.3 is 0 Å². The molecule has 0 saturated heterocycles. The van der Waals surface area contributed by atoms with Gasteiger partial charge in [-0.1, -0.05) is 6.07 Å². The predicted molar refractivity (Wildman–Crippen MR) is 111 cm³/mol. The lowest BCUT2D eigenvalue weighted by Crippen LogP contribution is -2.42. The zero-order valence-electron chi connectivity index (χ0n) is 17.7. The highest BCUT2D eigenvalue weighted by atomic mass is 16.5. The molecule has 2 rings (SSSR count). The molecular formula is C20H32N6O2. The van der Waals surface area contributed by atoms with Crippen molar-refractivity contribution in [3.05, 3.63) is 40.8 Å². The Bertz CT molecular complexity index is 770. The van der Waals surface area contributed by atoms with Gasteiger partial charge < -0.3 is 20.1 Å². The first-order chi connectivity index (χ1) is 13.4. The van der Waals surface area contributed by atoms with Crippen molar-refractivity contribution in [2.24, 2.45) is 12.0 Å². The molecule has 0 bridgehead atoms. The number of nitrogens with one attached hydrogen (secondary N) is 2. The van der Waals surface area contributed by atoms with Crippen molar-refractivity contribution in [2.75, 3.05) is 27.4 Å². The normalized spacial score (nSPS) is 12.7. The monoisotopic (exact) mass is 388 g/mol. The van der Waals surface area contributed by atoms with Crippen LogP contribution in [0.15, 0.2) is 23.3 Å². The molecule has 0 saturated carbocycles. The standard InChI is InChI=1S/C20H32N6O2/c1-14(11-18-15(2)25-26(5)16(18)3)24-20(21-4)23-13-17-7-8-19(22-12-17)28-10-9-27-6/h7-8,12,14H,9-11,13H2,1-6H3,(H2,21,23,24). The Labute approximate surface area is 167 Å². The van der Waals surface area contributed by atoms with Crippen LogP contribution in [0, 0.1) is 13.8 Å². The first-order valence-corrected chi connectivity index (χ1v) is 9.47. The molecule has 2 N–H and O–H groups in total. The highest BCUT2D eigenvalue weighted by Crippen LogP contribution is 2.14. The molecule has 0 spiro atoms. The van der Waals surface area contributed by atoms with Gasteiger partial charge in [0.25, 0.3) is 0 Å². The van der Waals surface area contributed by atoms with E-state index < -0.39 is 0 Å². The van der Waals surface area contributed by atoms with Gasteiger partial charge in [0.2, 0.25) is 5.88 Å². The zero-order chi connectivity index (χ0) is 20.5. The van der Waals surface area contributed by atoms with E-state index in [1.807, 2.05) is 23.9 Å². The number of aromatic nitrogens is 3. The predicted octanol–water partition coefficient (Wildman–Crippen LogP) is 1.75. The van der Waals surface area contributed by atoms with E-state index in [4.69, 9.17) is 9.47 Å². The molecule has 0 amide bonds. The van der Waals surface area contributed by atoms with E-state index in [-0.39, 0.29) is 6.04 Å². The number of nitrogens with zero attached hydrogens (tertiary/aromatic N) is 4. The van der Waals surface area contributed by atoms with E-state index in [1.165, 1.54) is 11.3 Å². The number of hydrogen-bond donors (Lipinski definition) is 2. The van der Waals surface area contributed by atoms with E-state index in [0.29, 0.717) is 25.6 Å². The molecule has 0 aromatic carbocycles. The van der Waals surface area contributed by atoms with E-state index in [0.717, 1.165) is 23.6 Å². The van der Waals surface area contributed by atoms with E-state index >= 15 is 0 Å². The topological polar surface area (TPSA) is 85.6 Å². The van der Waals surface area contributed by atoms with Crippen LogP contribution in [0.1, 0.15) is 29.4 Å². The molecular weight excluding hydrogens is 356 g/mol. The average Bonchev–Trinajstić information content (AvgIpc) is 2.92. The van der Waals surface area contributed by atoms with E-state index in [9.17, 15) is 0 Å². The summed E-state index contributed by atoms with van der Waals surface area (Å²) in [7, 11) is 5.40. The Balaban J connectivity index is 1.83. The SMILES string of the molecule is CN=C(NCc1ccc(OCCOC)nc1)NC(C)Cc1c(C)nn(C)c1C. The summed E-state index contributed by atoms with van der Waals surface area (Å²) in [6.45, 7) is 7.96. The van der Waals surface area contributed by atoms with Gasteiger partial charge in [-0.2, -0.15) is 5.10 Å². The number of aliphatic imine (C=N–C) groups is 1. The van der Waals surface area contributed by atoms with Gasteiger partial charge in [0.15, 0.2) is 5.96 Å². The van der Waals surface area contributed by atoms with Crippen molar-refractivity contribution in [3.8, 4) is 5.88 Å². The van der Waals surface area contributed by atoms with Crippen LogP contribution in [0.2, 0.25) is 0 Å². The maximum Gasteiger partial charge on any atom is 0.213 e. The maximum absolute atomic E-state index is 5.48. The molecule has 8 nitrogen and oxygen atoms in total. The molecule has 0 fully saturated rings. The maximum atomic E-state index is 5.48. The molecule has 1 unspecified atom stereocenters. The fraction of sp³-hybridized carbons (Fsp3) is 0.550. The number of methoxy groups -OCH3 is 1. The quantitative estimate of drug-likeness (QED) is 0.387. The largest absolute Gasteiger partial charge is 0.475 e. The van der Waals surface area contributed by atoms with Crippen LogP contribution >= 0.6 is 0 Å². The fourth-order valence-electron chi connectivity index (χ4n) is 2.91. The van der Waals surface area contributed by atoms with Crippen molar-refractivity contribution in [1.29, 1.82) is 0 Å². The Morgan fingerprint density at radius 1 is 1.29 bits per heavy atom. The van der Waals surface area contributed by atoms with Crippen LogP contribution in [0.25, 0.3) is 0 Å². The molecule has 28 heavy (non-hydrogen) atoms. The molecule has 2 aromatic heterocycles. The van der Waals surface area contributed by atoms with Gasteiger partial charge in [0.1, 0.15) is 6.61 Å². The minimum Gasteiger partial charge on any atom is -0.475 e. The van der Waals surface area contributed by atoms with E-state index in [1.54, 1.807) is 20.4 Å². The third-order valence-electron chi connectivity index (χ3n) is 4.57. The number of guanidine groups is 1. The Hall–Kier alpha value is -2.61. The van der Waals surface area contributed by atoms with Gasteiger partial charge in [0, 0.05) is 51.7 Å². The van der Waals surface area contributed by atoms with Crippen LogP contribution < -0.4 is 15.4 Å². The first-order valence-electron chi connectivity index (χ1n) is 9.47. The summed E-state index contributed by atoms with van der Waals surface area (Å²) in [4.78, 5) is 8.62. The Kier molecular flexibility index (Phi) is 8.25. The van der Waals surface area contributed by atoms with Gasteiger partial charge in [0.05, 0.1) is 12.3 Å². The summed E-state index contributed by atoms with van der Waals surface area (Å²) in [6.07, 6.45) is 2.69. The lowest BCUT2D eigenvalue weighted by Gasteiger charge is -2.18. The zero-order valence-corrected chi connectivity index (χ0v) is 17.7. The molecule has 0 radical (unpaired) electrons. The number of pyridine rings is 1. The summed E-state index contributed by atoms with van der Waals surface area (Å²) in [5.41, 5.74) is 4.61. The summed E-state index contributed by atoms with van der Waals surface area (Å²) in [6, 6.07) is 4.07. The smallest absolute Gasteiger partial charge is 0.213 e. The van der Waals surface area contributed by atoms with Crippen LogP contribution in [-0.2, 0) is 24.8 Å². The molecule has 2 aromatic rings. The van der Waals surface area contributed by atoms with Crippen molar-refractivity contribution in [3.63, 3.8) is 0 Å². The number of aryl methyl sites for hydroxylation is 2. The molecule has 2 heterocycles. The van der Waals surface area contributed by atoms with Crippen LogP contribution in [0.5, 0.6) is 5.88 Å². The molecule has 154 valence electrons. The Morgan fingerprint density at radius 3 is 2.64 bits per heavy atom. The van der Waals surface area contributed by atoms with Crippen LogP contribution in [0.3, 0.4) is 0 Å². The lowest BCUT2D eigenvalue weighted by atomic mass is 10.1. The summed E-state index contributed by atoms with van der Waals surface area (Å²) < 4.78 is 12.4. The van der Waals surface area contributed by atoms with E-state index in [2.05, 4.69) is 46.5 Å². The number of hydrogen-bond acceptors (Lipinski definition) is 5. The highest BCUT2D eigenvalue weighted by molar-refractivity contribution is 5.79. The number of rotatable bonds is 9. The second-order valence-corrected chi connectivity index (χ2v) is 6.79. The molecule has 0 aliphatic carbocycles. The van der Waals surface area contributed by atoms with Crippen molar-refractivity contribution >= 4 is 5.96 Å². The summed E-state index contributed by atoms with van der Waals surface area (Å²) in [5.74, 6) is 1.35. The van der Waals surface area contributed by atoms with Crippen molar-refractivity contribution < 1.29 is 9.47 Å². The van der Waals surface area contributed by atoms with Gasteiger partial charge in [-0.3, -0.25) is 9.67 Å². The molecule has 8 heteroatoms. The molecule has 0 aliphatic heterocycles. The van der Waals surface area contributed by atoms with Gasteiger partial charge in [-0.25, -0.2) is 4.98 Å². The van der Waals surface area contributed by atoms with Crippen LogP contribution in [-0.4, -0.2) is 54.1 Å². The minimum atomic E-state index is 0.225. The third-order valence-corrected chi connectivity index (χ3v) is 4.57. The second kappa shape index (κ2) is 10.7. The average molecular weight is 389 g/mol. The third kappa shape index (κ3) is 6.23. The summed E-state index contributed by atoms with van der Waals surface area (Å²) >= 11 is 0. The summed E-state index contributed by atoms with van der Waals surface area (Å²) in [5, 5.41) is 11.3. The van der Waals surface area contributed by atoms with Crippen LogP contribution in [0.4, 0.5) is 0 Å². The van der Waals surface area contributed by atoms with Gasteiger partial charge in [-0.05, 0) is 38.3 Å². The number of ether oxygens (including phenoxy) is 2. The van der Waals surface area contributed by atoms with Crippen molar-refractivity contribution in [1.82, 2.24) is 25.4 Å². The lowest BCUT2D eigenvalue weighted by molar-refractivity contribution is 0.143. The van der Waals surface area contributed by atoms with Gasteiger partial charge in [-0.15, -0.1) is 0 Å². The minimum absolute atomic E-state index is 0.225. The molecule has 1 atom stereocenters. The highest BCUT2D eigenvalue weighted by Gasteiger charge is 2.14. The Morgan fingerprint density at radius 2 is 2.07 bits per heavy atom. The fourth-order valence-corrected chi connectivity index (χ4v) is 2.91. The molecule has 0 aliphatic rings.